The summed E-state index contributed by atoms with van der Waals surface area (Å²) < 4.78 is 5.29. The molecule has 1 heterocycles. The van der Waals surface area contributed by atoms with E-state index in [-0.39, 0.29) is 30.1 Å². The molecule has 0 saturated heterocycles. The zero-order valence-corrected chi connectivity index (χ0v) is 16.8. The van der Waals surface area contributed by atoms with E-state index in [1.54, 1.807) is 54.6 Å². The van der Waals surface area contributed by atoms with Gasteiger partial charge in [0.05, 0.1) is 23.2 Å². The number of aryl methyl sites for hydroxylation is 1. The molecule has 0 saturated carbocycles. The van der Waals surface area contributed by atoms with Crippen molar-refractivity contribution in [2.75, 3.05) is 13.2 Å². The summed E-state index contributed by atoms with van der Waals surface area (Å²) in [5, 5.41) is 0. The van der Waals surface area contributed by atoms with E-state index in [4.69, 9.17) is 4.74 Å². The molecule has 0 unspecified atom stereocenters. The minimum absolute atomic E-state index is 0.0633. The summed E-state index contributed by atoms with van der Waals surface area (Å²) in [6, 6.07) is 20.1. The van der Waals surface area contributed by atoms with E-state index in [9.17, 15) is 19.2 Å². The number of nitrogens with zero attached hydrogens (tertiary/aromatic N) is 1. The lowest BCUT2D eigenvalue weighted by atomic mass is 9.98. The van der Waals surface area contributed by atoms with Gasteiger partial charge in [-0.2, -0.15) is 0 Å². The normalized spacial score (nSPS) is 12.6. The number of ether oxygens (including phenoxy) is 1. The molecule has 0 spiro atoms. The van der Waals surface area contributed by atoms with Crippen LogP contribution in [0, 0.1) is 6.92 Å². The molecule has 154 valence electrons. The molecule has 6 nitrogen and oxygen atoms in total. The van der Waals surface area contributed by atoms with Crippen molar-refractivity contribution in [1.82, 2.24) is 4.90 Å². The molecule has 0 N–H and O–H groups in total. The summed E-state index contributed by atoms with van der Waals surface area (Å²) >= 11 is 0. The largest absolute Gasteiger partial charge is 0.460 e. The van der Waals surface area contributed by atoms with Crippen molar-refractivity contribution in [2.24, 2.45) is 0 Å². The summed E-state index contributed by atoms with van der Waals surface area (Å²) in [6.45, 7) is 1.69. The van der Waals surface area contributed by atoms with Crippen LogP contribution in [0.25, 0.3) is 0 Å². The maximum absolute atomic E-state index is 12.9. The van der Waals surface area contributed by atoms with Gasteiger partial charge in [-0.05, 0) is 25.1 Å². The van der Waals surface area contributed by atoms with E-state index in [2.05, 4.69) is 0 Å². The van der Waals surface area contributed by atoms with Crippen LogP contribution in [0.15, 0.2) is 72.8 Å². The molecule has 3 aromatic rings. The number of carbonyl (C=O) groups is 4. The fourth-order valence-electron chi connectivity index (χ4n) is 3.47. The molecule has 0 atom stereocenters. The summed E-state index contributed by atoms with van der Waals surface area (Å²) in [4.78, 5) is 51.4. The first-order valence-electron chi connectivity index (χ1n) is 9.80. The second-order valence-corrected chi connectivity index (χ2v) is 7.18. The predicted molar refractivity (Wildman–Crippen MR) is 113 cm³/mol. The summed E-state index contributed by atoms with van der Waals surface area (Å²) in [6.07, 6.45) is 0. The number of amides is 2. The second-order valence-electron chi connectivity index (χ2n) is 7.18. The maximum Gasteiger partial charge on any atom is 0.338 e. The molecule has 0 fully saturated rings. The lowest BCUT2D eigenvalue weighted by Crippen LogP contribution is -2.33. The molecular formula is C25H19NO5. The topological polar surface area (TPSA) is 80.8 Å². The lowest BCUT2D eigenvalue weighted by molar-refractivity contribution is 0.0419. The Morgan fingerprint density at radius 2 is 1.32 bits per heavy atom. The number of carbonyl (C=O) groups excluding carboxylic acids is 4. The highest BCUT2D eigenvalue weighted by molar-refractivity contribution is 6.21. The van der Waals surface area contributed by atoms with Gasteiger partial charge in [0.2, 0.25) is 0 Å². The number of rotatable bonds is 6. The minimum atomic E-state index is -0.687. The molecule has 0 aliphatic carbocycles. The Bertz CT molecular complexity index is 1160. The van der Waals surface area contributed by atoms with Crippen molar-refractivity contribution in [3.63, 3.8) is 0 Å². The Kier molecular flexibility index (Phi) is 5.45. The predicted octanol–water partition coefficient (Wildman–Crippen LogP) is 3.68. The minimum Gasteiger partial charge on any atom is -0.460 e. The molecule has 0 radical (unpaired) electrons. The maximum atomic E-state index is 12.9. The van der Waals surface area contributed by atoms with Gasteiger partial charge in [-0.15, -0.1) is 0 Å². The first-order valence-corrected chi connectivity index (χ1v) is 9.80. The highest BCUT2D eigenvalue weighted by Gasteiger charge is 2.35. The molecule has 6 heteroatoms. The Balaban J connectivity index is 1.44. The van der Waals surface area contributed by atoms with Crippen LogP contribution in [0.3, 0.4) is 0 Å². The van der Waals surface area contributed by atoms with E-state index in [0.29, 0.717) is 16.7 Å². The Morgan fingerprint density at radius 3 is 1.94 bits per heavy atom. The van der Waals surface area contributed by atoms with Crippen molar-refractivity contribution in [3.05, 3.63) is 106 Å². The van der Waals surface area contributed by atoms with E-state index < -0.39 is 17.8 Å². The van der Waals surface area contributed by atoms with E-state index in [1.807, 2.05) is 19.1 Å². The molecule has 31 heavy (non-hydrogen) atoms. The van der Waals surface area contributed by atoms with E-state index in [0.717, 1.165) is 10.5 Å². The monoisotopic (exact) mass is 413 g/mol. The van der Waals surface area contributed by atoms with E-state index >= 15 is 0 Å². The Labute approximate surface area is 179 Å². The van der Waals surface area contributed by atoms with Gasteiger partial charge >= 0.3 is 5.97 Å². The summed E-state index contributed by atoms with van der Waals surface area (Å²) in [5.41, 5.74) is 2.54. The highest BCUT2D eigenvalue weighted by atomic mass is 16.5. The van der Waals surface area contributed by atoms with Crippen LogP contribution in [-0.2, 0) is 4.74 Å². The number of imide groups is 1. The number of hydrogen-bond acceptors (Lipinski definition) is 5. The van der Waals surface area contributed by atoms with Crippen LogP contribution in [0.5, 0.6) is 0 Å². The second kappa shape index (κ2) is 8.36. The lowest BCUT2D eigenvalue weighted by Gasteiger charge is -2.14. The number of benzene rings is 3. The van der Waals surface area contributed by atoms with Crippen LogP contribution in [0.1, 0.15) is 52.6 Å². The van der Waals surface area contributed by atoms with Crippen molar-refractivity contribution in [3.8, 4) is 0 Å². The van der Waals surface area contributed by atoms with Crippen LogP contribution in [-0.4, -0.2) is 41.6 Å². The van der Waals surface area contributed by atoms with Gasteiger partial charge in [0.1, 0.15) is 6.61 Å². The van der Waals surface area contributed by atoms with Crippen LogP contribution >= 0.6 is 0 Å². The number of ketones is 1. The molecule has 1 aliphatic rings. The summed E-state index contributed by atoms with van der Waals surface area (Å²) in [7, 11) is 0. The number of esters is 1. The molecule has 0 aromatic heterocycles. The standard InChI is InChI=1S/C25H19NO5/c1-16-10-12-17(13-11-16)22(27)18-6-2-5-9-21(18)25(30)31-15-14-26-23(28)19-7-3-4-8-20(19)24(26)29/h2-13H,14-15H2,1H3. The third kappa shape index (κ3) is 3.88. The molecule has 4 rings (SSSR count). The smallest absolute Gasteiger partial charge is 0.338 e. The zero-order valence-electron chi connectivity index (χ0n) is 16.8. The molecule has 2 amide bonds. The van der Waals surface area contributed by atoms with Gasteiger partial charge in [0, 0.05) is 11.1 Å². The first kappa shape index (κ1) is 20.2. The first-order chi connectivity index (χ1) is 15.0. The number of fused-ring (bicyclic) bond motifs is 1. The molecular weight excluding hydrogens is 394 g/mol. The van der Waals surface area contributed by atoms with Crippen molar-refractivity contribution >= 4 is 23.6 Å². The van der Waals surface area contributed by atoms with Crippen molar-refractivity contribution in [1.29, 1.82) is 0 Å². The van der Waals surface area contributed by atoms with Gasteiger partial charge < -0.3 is 4.74 Å². The molecule has 0 bridgehead atoms. The number of hydrogen-bond donors (Lipinski definition) is 0. The van der Waals surface area contributed by atoms with Gasteiger partial charge in [-0.1, -0.05) is 60.2 Å². The van der Waals surface area contributed by atoms with Crippen molar-refractivity contribution in [2.45, 2.75) is 6.92 Å². The molecule has 1 aliphatic heterocycles. The zero-order chi connectivity index (χ0) is 22.0. The van der Waals surface area contributed by atoms with E-state index in [1.165, 1.54) is 6.07 Å². The SMILES string of the molecule is Cc1ccc(C(=O)c2ccccc2C(=O)OCCN2C(=O)c3ccccc3C2=O)cc1. The van der Waals surface area contributed by atoms with Gasteiger partial charge in [0.15, 0.2) is 5.78 Å². The van der Waals surface area contributed by atoms with Crippen LogP contribution in [0.2, 0.25) is 0 Å². The summed E-state index contributed by atoms with van der Waals surface area (Å²) in [5.74, 6) is -1.79. The average Bonchev–Trinajstić information content (AvgIpc) is 3.04. The Hall–Kier alpha value is -4.06. The van der Waals surface area contributed by atoms with Crippen LogP contribution < -0.4 is 0 Å². The van der Waals surface area contributed by atoms with Gasteiger partial charge in [0.25, 0.3) is 11.8 Å². The Morgan fingerprint density at radius 1 is 0.774 bits per heavy atom. The third-order valence-corrected chi connectivity index (χ3v) is 5.13. The molecule has 3 aromatic carbocycles. The van der Waals surface area contributed by atoms with Crippen LogP contribution in [0.4, 0.5) is 0 Å². The fourth-order valence-corrected chi connectivity index (χ4v) is 3.47. The average molecular weight is 413 g/mol. The van der Waals surface area contributed by atoms with Gasteiger partial charge in [-0.25, -0.2) is 4.79 Å². The fraction of sp³-hybridized carbons (Fsp3) is 0.120. The van der Waals surface area contributed by atoms with Crippen molar-refractivity contribution < 1.29 is 23.9 Å². The highest BCUT2D eigenvalue weighted by Crippen LogP contribution is 2.22. The quantitative estimate of drug-likeness (QED) is 0.350. The van der Waals surface area contributed by atoms with Gasteiger partial charge in [-0.3, -0.25) is 19.3 Å². The third-order valence-electron chi connectivity index (χ3n) is 5.13.